The number of phenolic OH excluding ortho intramolecular Hbond substituents is 2. The Labute approximate surface area is 183 Å². The number of nitrogens with zero attached hydrogens (tertiary/aromatic N) is 2. The second kappa shape index (κ2) is 9.30. The van der Waals surface area contributed by atoms with Gasteiger partial charge in [-0.1, -0.05) is 32.1 Å². The molecule has 1 aromatic heterocycles. The summed E-state index contributed by atoms with van der Waals surface area (Å²) in [6.07, 6.45) is 4.48. The zero-order valence-electron chi connectivity index (χ0n) is 17.9. The molecule has 30 heavy (non-hydrogen) atoms. The fraction of sp³-hybridized carbons (Fsp3) is 0.333. The van der Waals surface area contributed by atoms with Gasteiger partial charge in [-0.25, -0.2) is 0 Å². The summed E-state index contributed by atoms with van der Waals surface area (Å²) in [4.78, 5) is 0.680. The van der Waals surface area contributed by atoms with Crippen LogP contribution in [0.3, 0.4) is 0 Å². The van der Waals surface area contributed by atoms with Gasteiger partial charge in [-0.15, -0.1) is 0 Å². The van der Waals surface area contributed by atoms with E-state index in [1.54, 1.807) is 6.07 Å². The molecule has 5 nitrogen and oxygen atoms in total. The molecule has 1 atom stereocenters. The highest BCUT2D eigenvalue weighted by atomic mass is 32.1. The predicted octanol–water partition coefficient (Wildman–Crippen LogP) is 5.06. The van der Waals surface area contributed by atoms with E-state index in [4.69, 9.17) is 12.2 Å². The molecule has 3 N–H and O–H groups in total. The average Bonchev–Trinajstić information content (AvgIpc) is 3.10. The molecule has 0 amide bonds. The molecule has 6 heteroatoms. The Morgan fingerprint density at radius 3 is 2.60 bits per heavy atom. The van der Waals surface area contributed by atoms with Gasteiger partial charge in [-0.3, -0.25) is 5.43 Å². The van der Waals surface area contributed by atoms with Crippen LogP contribution in [-0.2, 0) is 19.9 Å². The van der Waals surface area contributed by atoms with Crippen molar-refractivity contribution in [3.8, 4) is 11.5 Å². The Balaban J connectivity index is 1.72. The number of aryl methyl sites for hydroxylation is 2. The molecular weight excluding hydrogens is 394 g/mol. The molecule has 0 radical (unpaired) electrons. The van der Waals surface area contributed by atoms with Gasteiger partial charge < -0.3 is 14.8 Å². The lowest BCUT2D eigenvalue weighted by Crippen LogP contribution is -2.27. The van der Waals surface area contributed by atoms with Crippen LogP contribution in [0, 0.1) is 5.92 Å². The van der Waals surface area contributed by atoms with Crippen molar-refractivity contribution in [3.63, 3.8) is 0 Å². The van der Waals surface area contributed by atoms with Gasteiger partial charge >= 0.3 is 0 Å². The number of rotatable bonds is 7. The Bertz CT molecular complexity index is 1100. The first-order valence-corrected chi connectivity index (χ1v) is 10.7. The number of hydrogen-bond donors (Lipinski definition) is 3. The van der Waals surface area contributed by atoms with Crippen molar-refractivity contribution in [1.29, 1.82) is 0 Å². The van der Waals surface area contributed by atoms with Crippen molar-refractivity contribution in [2.45, 2.75) is 40.0 Å². The van der Waals surface area contributed by atoms with Crippen LogP contribution in [0.5, 0.6) is 11.5 Å². The SMILES string of the molecule is CCc1cc(/C(C)=N\NC(=S)C(CC)Cc2ccc3c(ccn3C)c2)c(O)cc1O. The lowest BCUT2D eigenvalue weighted by Gasteiger charge is -2.17. The molecule has 1 unspecified atom stereocenters. The summed E-state index contributed by atoms with van der Waals surface area (Å²) in [7, 11) is 2.05. The summed E-state index contributed by atoms with van der Waals surface area (Å²) in [5.41, 5.74) is 7.44. The number of aromatic nitrogens is 1. The Morgan fingerprint density at radius 2 is 1.90 bits per heavy atom. The van der Waals surface area contributed by atoms with Crippen LogP contribution in [0.2, 0.25) is 0 Å². The van der Waals surface area contributed by atoms with E-state index >= 15 is 0 Å². The van der Waals surface area contributed by atoms with Crippen LogP contribution < -0.4 is 5.43 Å². The number of thiocarbonyl (C=S) groups is 1. The van der Waals surface area contributed by atoms with E-state index in [0.29, 0.717) is 22.7 Å². The lowest BCUT2D eigenvalue weighted by molar-refractivity contribution is 0.445. The highest BCUT2D eigenvalue weighted by Crippen LogP contribution is 2.28. The molecular formula is C24H29N3O2S. The third kappa shape index (κ3) is 4.65. The third-order valence-corrected chi connectivity index (χ3v) is 6.02. The van der Waals surface area contributed by atoms with Crippen molar-refractivity contribution >= 4 is 33.8 Å². The van der Waals surface area contributed by atoms with Gasteiger partial charge in [0.1, 0.15) is 11.5 Å². The van der Waals surface area contributed by atoms with Gasteiger partial charge in [-0.2, -0.15) is 5.10 Å². The zero-order valence-corrected chi connectivity index (χ0v) is 18.8. The molecule has 0 fully saturated rings. The molecule has 0 aliphatic rings. The van der Waals surface area contributed by atoms with Gasteiger partial charge in [0, 0.05) is 36.3 Å². The smallest absolute Gasteiger partial charge is 0.128 e. The summed E-state index contributed by atoms with van der Waals surface area (Å²) in [5.74, 6) is 0.260. The van der Waals surface area contributed by atoms with Gasteiger partial charge in [0.15, 0.2) is 0 Å². The van der Waals surface area contributed by atoms with Crippen LogP contribution in [-0.4, -0.2) is 25.5 Å². The third-order valence-electron chi connectivity index (χ3n) is 5.60. The number of fused-ring (bicyclic) bond motifs is 1. The molecule has 0 aliphatic carbocycles. The number of benzene rings is 2. The van der Waals surface area contributed by atoms with Crippen molar-refractivity contribution < 1.29 is 10.2 Å². The molecule has 3 aromatic rings. The van der Waals surface area contributed by atoms with Gasteiger partial charge in [0.05, 0.1) is 10.7 Å². The van der Waals surface area contributed by atoms with Crippen molar-refractivity contribution in [3.05, 3.63) is 59.3 Å². The molecule has 3 rings (SSSR count). The molecule has 1 heterocycles. The molecule has 0 spiro atoms. The second-order valence-electron chi connectivity index (χ2n) is 7.65. The molecule has 2 aromatic carbocycles. The van der Waals surface area contributed by atoms with Crippen LogP contribution >= 0.6 is 12.2 Å². The van der Waals surface area contributed by atoms with E-state index in [1.165, 1.54) is 22.5 Å². The van der Waals surface area contributed by atoms with E-state index < -0.39 is 0 Å². The maximum atomic E-state index is 10.2. The number of phenols is 2. The van der Waals surface area contributed by atoms with Gasteiger partial charge in [0.25, 0.3) is 0 Å². The predicted molar refractivity (Wildman–Crippen MR) is 127 cm³/mol. The summed E-state index contributed by atoms with van der Waals surface area (Å²) < 4.78 is 2.11. The minimum atomic E-state index is 0.00173. The van der Waals surface area contributed by atoms with Crippen molar-refractivity contribution in [1.82, 2.24) is 9.99 Å². The fourth-order valence-electron chi connectivity index (χ4n) is 3.65. The number of hydrogen-bond acceptors (Lipinski definition) is 4. The molecule has 158 valence electrons. The Morgan fingerprint density at radius 1 is 1.13 bits per heavy atom. The summed E-state index contributed by atoms with van der Waals surface area (Å²) in [6.45, 7) is 5.88. The summed E-state index contributed by atoms with van der Waals surface area (Å²) in [5, 5.41) is 25.7. The number of nitrogens with one attached hydrogen (secondary N) is 1. The average molecular weight is 424 g/mol. The van der Waals surface area contributed by atoms with Crippen molar-refractivity contribution in [2.24, 2.45) is 18.1 Å². The van der Waals surface area contributed by atoms with Crippen LogP contribution in [0.1, 0.15) is 43.9 Å². The topological polar surface area (TPSA) is 69.8 Å². The summed E-state index contributed by atoms with van der Waals surface area (Å²) in [6, 6.07) is 11.8. The standard InChI is InChI=1S/C24H29N3O2S/c1-5-17-13-20(23(29)14-22(17)28)15(3)25-26-24(30)18(6-2)11-16-7-8-21-19(12-16)9-10-27(21)4/h7-10,12-14,18,28-29H,5-6,11H2,1-4H3,(H,26,30)/b25-15-. The molecule has 0 saturated carbocycles. The first kappa shape index (κ1) is 21.8. The van der Waals surface area contributed by atoms with E-state index in [2.05, 4.69) is 52.5 Å². The Kier molecular flexibility index (Phi) is 6.77. The van der Waals surface area contributed by atoms with E-state index in [-0.39, 0.29) is 17.4 Å². The van der Waals surface area contributed by atoms with Crippen molar-refractivity contribution in [2.75, 3.05) is 0 Å². The lowest BCUT2D eigenvalue weighted by atomic mass is 9.96. The van der Waals surface area contributed by atoms with Gasteiger partial charge in [-0.05, 0) is 67.0 Å². The van der Waals surface area contributed by atoms with Crippen LogP contribution in [0.4, 0.5) is 0 Å². The first-order valence-electron chi connectivity index (χ1n) is 10.3. The van der Waals surface area contributed by atoms with E-state index in [9.17, 15) is 10.2 Å². The molecule has 0 aliphatic heterocycles. The quantitative estimate of drug-likeness (QED) is 0.282. The minimum Gasteiger partial charge on any atom is -0.508 e. The van der Waals surface area contributed by atoms with E-state index in [0.717, 1.165) is 18.4 Å². The van der Waals surface area contributed by atoms with Gasteiger partial charge in [0.2, 0.25) is 0 Å². The maximum Gasteiger partial charge on any atom is 0.128 e. The number of hydrazone groups is 1. The normalized spacial score (nSPS) is 12.9. The summed E-state index contributed by atoms with van der Waals surface area (Å²) >= 11 is 5.62. The van der Waals surface area contributed by atoms with E-state index in [1.807, 2.05) is 20.9 Å². The zero-order chi connectivity index (χ0) is 21.8. The van der Waals surface area contributed by atoms with Crippen LogP contribution in [0.15, 0.2) is 47.7 Å². The second-order valence-corrected chi connectivity index (χ2v) is 8.09. The number of aromatic hydroxyl groups is 2. The minimum absolute atomic E-state index is 0.00173. The highest BCUT2D eigenvalue weighted by Gasteiger charge is 2.15. The molecule has 0 bridgehead atoms. The highest BCUT2D eigenvalue weighted by molar-refractivity contribution is 7.80. The maximum absolute atomic E-state index is 10.2. The Hall–Kier alpha value is -2.86. The van der Waals surface area contributed by atoms with Crippen LogP contribution in [0.25, 0.3) is 10.9 Å². The molecule has 0 saturated heterocycles. The monoisotopic (exact) mass is 423 g/mol. The largest absolute Gasteiger partial charge is 0.508 e. The first-order chi connectivity index (χ1) is 14.3. The fourth-order valence-corrected chi connectivity index (χ4v) is 3.95.